The van der Waals surface area contributed by atoms with Crippen molar-refractivity contribution in [2.75, 3.05) is 14.2 Å². The van der Waals surface area contributed by atoms with Crippen LogP contribution in [0, 0.1) is 0 Å². The van der Waals surface area contributed by atoms with E-state index in [9.17, 15) is 5.11 Å². The highest BCUT2D eigenvalue weighted by atomic mass is 16.5. The molecule has 0 unspecified atom stereocenters. The molecule has 0 aromatic heterocycles. The minimum atomic E-state index is -0.661. The Kier molecular flexibility index (Phi) is 3.85. The monoisotopic (exact) mass is 244 g/mol. The van der Waals surface area contributed by atoms with Crippen molar-refractivity contribution in [2.24, 2.45) is 0 Å². The summed E-state index contributed by atoms with van der Waals surface area (Å²) in [4.78, 5) is 0. The number of hydrogen-bond donors (Lipinski definition) is 1. The van der Waals surface area contributed by atoms with E-state index in [1.165, 1.54) is 0 Å². The van der Waals surface area contributed by atoms with E-state index in [0.717, 1.165) is 11.1 Å². The summed E-state index contributed by atoms with van der Waals surface area (Å²) in [5, 5.41) is 10.3. The standard InChI is InChI=1S/C15H16O3/c1-17-13-9-8-12(10-14(13)18-2)15(16)11-6-4-3-5-7-11/h3-10,15-16H,1-2H3/t15-/m1/s1. The van der Waals surface area contributed by atoms with Gasteiger partial charge in [0.15, 0.2) is 11.5 Å². The molecule has 0 aliphatic heterocycles. The molecule has 1 atom stereocenters. The van der Waals surface area contributed by atoms with E-state index in [0.29, 0.717) is 11.5 Å². The Hall–Kier alpha value is -2.00. The zero-order valence-corrected chi connectivity index (χ0v) is 10.5. The van der Waals surface area contributed by atoms with Gasteiger partial charge >= 0.3 is 0 Å². The van der Waals surface area contributed by atoms with E-state index in [2.05, 4.69) is 0 Å². The van der Waals surface area contributed by atoms with Crippen LogP contribution in [-0.2, 0) is 0 Å². The van der Waals surface area contributed by atoms with Crippen LogP contribution in [0.2, 0.25) is 0 Å². The molecule has 0 fully saturated rings. The summed E-state index contributed by atoms with van der Waals surface area (Å²) in [6, 6.07) is 14.9. The predicted molar refractivity (Wildman–Crippen MR) is 70.0 cm³/mol. The summed E-state index contributed by atoms with van der Waals surface area (Å²) in [6.45, 7) is 0. The largest absolute Gasteiger partial charge is 0.493 e. The molecule has 0 bridgehead atoms. The Balaban J connectivity index is 2.34. The Labute approximate surface area is 107 Å². The molecule has 3 nitrogen and oxygen atoms in total. The van der Waals surface area contributed by atoms with Crippen molar-refractivity contribution in [3.8, 4) is 11.5 Å². The van der Waals surface area contributed by atoms with Gasteiger partial charge in [-0.1, -0.05) is 36.4 Å². The van der Waals surface area contributed by atoms with Crippen LogP contribution in [0.4, 0.5) is 0 Å². The Morgan fingerprint density at radius 2 is 1.50 bits per heavy atom. The highest BCUT2D eigenvalue weighted by Crippen LogP contribution is 2.31. The van der Waals surface area contributed by atoms with Gasteiger partial charge in [-0.2, -0.15) is 0 Å². The molecule has 0 aliphatic carbocycles. The van der Waals surface area contributed by atoms with Gasteiger partial charge in [0.05, 0.1) is 14.2 Å². The second-order valence-electron chi connectivity index (χ2n) is 3.93. The van der Waals surface area contributed by atoms with E-state index >= 15 is 0 Å². The minimum Gasteiger partial charge on any atom is -0.493 e. The summed E-state index contributed by atoms with van der Waals surface area (Å²) in [7, 11) is 3.17. The maximum atomic E-state index is 10.3. The van der Waals surface area contributed by atoms with Crippen molar-refractivity contribution in [1.82, 2.24) is 0 Å². The number of hydrogen-bond acceptors (Lipinski definition) is 3. The van der Waals surface area contributed by atoms with Crippen LogP contribution in [0.5, 0.6) is 11.5 Å². The molecule has 0 heterocycles. The maximum absolute atomic E-state index is 10.3. The van der Waals surface area contributed by atoms with Gasteiger partial charge in [-0.05, 0) is 23.3 Å². The van der Waals surface area contributed by atoms with Crippen molar-refractivity contribution >= 4 is 0 Å². The lowest BCUT2D eigenvalue weighted by atomic mass is 10.0. The summed E-state index contributed by atoms with van der Waals surface area (Å²) < 4.78 is 10.4. The second kappa shape index (κ2) is 5.56. The van der Waals surface area contributed by atoms with Crippen LogP contribution in [-0.4, -0.2) is 19.3 Å². The zero-order chi connectivity index (χ0) is 13.0. The molecule has 1 N–H and O–H groups in total. The van der Waals surface area contributed by atoms with Gasteiger partial charge in [0.25, 0.3) is 0 Å². The molecule has 0 spiro atoms. The number of methoxy groups -OCH3 is 2. The van der Waals surface area contributed by atoms with Gasteiger partial charge in [-0.15, -0.1) is 0 Å². The first-order valence-corrected chi connectivity index (χ1v) is 5.71. The van der Waals surface area contributed by atoms with E-state index in [1.54, 1.807) is 26.4 Å². The van der Waals surface area contributed by atoms with Crippen LogP contribution < -0.4 is 9.47 Å². The summed E-state index contributed by atoms with van der Waals surface area (Å²) in [6.07, 6.45) is -0.661. The van der Waals surface area contributed by atoms with Crippen LogP contribution in [0.1, 0.15) is 17.2 Å². The molecule has 94 valence electrons. The summed E-state index contributed by atoms with van der Waals surface area (Å²) in [5.74, 6) is 1.27. The topological polar surface area (TPSA) is 38.7 Å². The van der Waals surface area contributed by atoms with Crippen LogP contribution in [0.3, 0.4) is 0 Å². The third-order valence-electron chi connectivity index (χ3n) is 2.84. The van der Waals surface area contributed by atoms with Crippen molar-refractivity contribution in [3.63, 3.8) is 0 Å². The minimum absolute atomic E-state index is 0.616. The lowest BCUT2D eigenvalue weighted by Gasteiger charge is -2.14. The lowest BCUT2D eigenvalue weighted by molar-refractivity contribution is 0.219. The number of benzene rings is 2. The molecule has 18 heavy (non-hydrogen) atoms. The van der Waals surface area contributed by atoms with Crippen LogP contribution in [0.25, 0.3) is 0 Å². The average Bonchev–Trinajstić information content (AvgIpc) is 2.46. The first-order valence-electron chi connectivity index (χ1n) is 5.71. The number of aliphatic hydroxyl groups is 1. The van der Waals surface area contributed by atoms with E-state index < -0.39 is 6.10 Å². The molecular weight excluding hydrogens is 228 g/mol. The van der Waals surface area contributed by atoms with Gasteiger partial charge < -0.3 is 14.6 Å². The first kappa shape index (κ1) is 12.5. The van der Waals surface area contributed by atoms with Crippen molar-refractivity contribution < 1.29 is 14.6 Å². The second-order valence-corrected chi connectivity index (χ2v) is 3.93. The Morgan fingerprint density at radius 3 is 2.11 bits per heavy atom. The van der Waals surface area contributed by atoms with Gasteiger partial charge in [0.1, 0.15) is 6.10 Å². The molecule has 0 radical (unpaired) electrons. The van der Waals surface area contributed by atoms with E-state index in [1.807, 2.05) is 36.4 Å². The normalized spacial score (nSPS) is 11.9. The first-order chi connectivity index (χ1) is 8.76. The van der Waals surface area contributed by atoms with Gasteiger partial charge in [-0.25, -0.2) is 0 Å². The molecular formula is C15H16O3. The SMILES string of the molecule is COc1ccc([C@H](O)c2ccccc2)cc1OC. The van der Waals surface area contributed by atoms with Gasteiger partial charge in [-0.3, -0.25) is 0 Å². The highest BCUT2D eigenvalue weighted by Gasteiger charge is 2.13. The lowest BCUT2D eigenvalue weighted by Crippen LogP contribution is -2.00. The van der Waals surface area contributed by atoms with E-state index in [-0.39, 0.29) is 0 Å². The quantitative estimate of drug-likeness (QED) is 0.898. The summed E-state index contributed by atoms with van der Waals surface area (Å²) >= 11 is 0. The number of rotatable bonds is 4. The van der Waals surface area contributed by atoms with Crippen LogP contribution >= 0.6 is 0 Å². The van der Waals surface area contributed by atoms with Gasteiger partial charge in [0, 0.05) is 0 Å². The fraction of sp³-hybridized carbons (Fsp3) is 0.200. The van der Waals surface area contributed by atoms with Crippen LogP contribution in [0.15, 0.2) is 48.5 Å². The highest BCUT2D eigenvalue weighted by molar-refractivity contribution is 5.45. The number of aliphatic hydroxyl groups excluding tert-OH is 1. The molecule has 2 aromatic carbocycles. The molecule has 2 aromatic rings. The van der Waals surface area contributed by atoms with E-state index in [4.69, 9.17) is 9.47 Å². The molecule has 0 saturated heterocycles. The van der Waals surface area contributed by atoms with Crippen molar-refractivity contribution in [1.29, 1.82) is 0 Å². The fourth-order valence-electron chi connectivity index (χ4n) is 1.85. The van der Waals surface area contributed by atoms with Gasteiger partial charge in [0.2, 0.25) is 0 Å². The molecule has 0 aliphatic rings. The molecule has 0 saturated carbocycles. The summed E-state index contributed by atoms with van der Waals surface area (Å²) in [5.41, 5.74) is 1.63. The third-order valence-corrected chi connectivity index (χ3v) is 2.84. The Bertz CT molecular complexity index is 508. The third kappa shape index (κ3) is 2.46. The smallest absolute Gasteiger partial charge is 0.161 e. The Morgan fingerprint density at radius 1 is 0.833 bits per heavy atom. The van der Waals surface area contributed by atoms with Crippen molar-refractivity contribution in [2.45, 2.75) is 6.10 Å². The zero-order valence-electron chi connectivity index (χ0n) is 10.5. The molecule has 0 amide bonds. The molecule has 2 rings (SSSR count). The fourth-order valence-corrected chi connectivity index (χ4v) is 1.85. The number of ether oxygens (including phenoxy) is 2. The maximum Gasteiger partial charge on any atom is 0.161 e. The molecule has 3 heteroatoms. The van der Waals surface area contributed by atoms with Crippen molar-refractivity contribution in [3.05, 3.63) is 59.7 Å². The average molecular weight is 244 g/mol. The predicted octanol–water partition coefficient (Wildman–Crippen LogP) is 2.79.